The first-order valence-corrected chi connectivity index (χ1v) is 14.7. The van der Waals surface area contributed by atoms with Crippen LogP contribution in [0.15, 0.2) is 36.4 Å². The van der Waals surface area contributed by atoms with E-state index in [1.165, 1.54) is 0 Å². The number of benzene rings is 3. The molecule has 0 heterocycles. The quantitative estimate of drug-likeness (QED) is 0.271. The van der Waals surface area contributed by atoms with E-state index in [0.29, 0.717) is 49.3 Å². The van der Waals surface area contributed by atoms with Crippen molar-refractivity contribution in [3.05, 3.63) is 69.8 Å². The zero-order valence-electron chi connectivity index (χ0n) is 22.9. The van der Waals surface area contributed by atoms with E-state index in [0.717, 1.165) is 0 Å². The topological polar surface area (TPSA) is 101 Å². The van der Waals surface area contributed by atoms with Gasteiger partial charge in [-0.25, -0.2) is 0 Å². The molecule has 0 atom stereocenters. The van der Waals surface area contributed by atoms with Gasteiger partial charge in [-0.15, -0.1) is 0 Å². The van der Waals surface area contributed by atoms with E-state index in [4.69, 9.17) is 0 Å². The van der Waals surface area contributed by atoms with Crippen molar-refractivity contribution in [1.29, 1.82) is 0 Å². The first-order chi connectivity index (χ1) is 16.5. The number of hydrogen-bond acceptors (Lipinski definition) is 5. The van der Waals surface area contributed by atoms with Gasteiger partial charge in [0.1, 0.15) is 0 Å². The Labute approximate surface area is 215 Å². The molecule has 0 saturated carbocycles. The molecule has 196 valence electrons. The SMILES string of the molecule is Cc1cc(O)c(C(C)C)cc1P(O)(O)(c1cc(C(C)C)c(O)cc1C)c1cc(C(C)C)c(O)cc1C. The average molecular weight is 513 g/mol. The minimum atomic E-state index is -5.17. The van der Waals surface area contributed by atoms with Gasteiger partial charge in [0.05, 0.1) is 0 Å². The molecule has 3 aromatic carbocycles. The van der Waals surface area contributed by atoms with Crippen LogP contribution in [0.5, 0.6) is 17.2 Å². The van der Waals surface area contributed by atoms with Gasteiger partial charge in [-0.3, -0.25) is 0 Å². The molecule has 0 saturated heterocycles. The van der Waals surface area contributed by atoms with E-state index in [-0.39, 0.29) is 35.0 Å². The summed E-state index contributed by atoms with van der Waals surface area (Å²) in [7, 11) is -5.17. The van der Waals surface area contributed by atoms with E-state index < -0.39 is 7.06 Å². The van der Waals surface area contributed by atoms with Crippen molar-refractivity contribution in [2.45, 2.75) is 80.1 Å². The number of phenolic OH excluding ortho intramolecular Hbond substituents is 3. The fourth-order valence-electron chi connectivity index (χ4n) is 5.24. The van der Waals surface area contributed by atoms with Crippen LogP contribution in [-0.4, -0.2) is 25.1 Å². The first kappa shape index (κ1) is 28.0. The Bertz CT molecular complexity index is 1160. The molecule has 0 aliphatic rings. The third kappa shape index (κ3) is 4.38. The molecule has 0 bridgehead atoms. The first-order valence-electron chi connectivity index (χ1n) is 12.5. The van der Waals surface area contributed by atoms with Crippen LogP contribution in [0, 0.1) is 20.8 Å². The maximum absolute atomic E-state index is 13.1. The Morgan fingerprint density at radius 2 is 0.694 bits per heavy atom. The summed E-state index contributed by atoms with van der Waals surface area (Å²) in [6, 6.07) is 9.94. The van der Waals surface area contributed by atoms with Crippen molar-refractivity contribution < 1.29 is 25.1 Å². The summed E-state index contributed by atoms with van der Waals surface area (Å²) in [6.07, 6.45) is 0. The molecular formula is C30H41O5P. The second kappa shape index (κ2) is 9.37. The van der Waals surface area contributed by atoms with Crippen LogP contribution in [0.4, 0.5) is 0 Å². The molecular weight excluding hydrogens is 471 g/mol. The normalized spacial score (nSPS) is 13.4. The molecule has 5 nitrogen and oxygen atoms in total. The second-order valence-electron chi connectivity index (χ2n) is 11.1. The van der Waals surface area contributed by atoms with E-state index >= 15 is 0 Å². The molecule has 3 aromatic rings. The Balaban J connectivity index is 2.64. The van der Waals surface area contributed by atoms with Crippen molar-refractivity contribution in [1.82, 2.24) is 0 Å². The Hall–Kier alpha value is -2.59. The van der Waals surface area contributed by atoms with Crippen molar-refractivity contribution in [3.63, 3.8) is 0 Å². The summed E-state index contributed by atoms with van der Waals surface area (Å²) in [5.74, 6) is 0.179. The van der Waals surface area contributed by atoms with Gasteiger partial charge >= 0.3 is 215 Å². The summed E-state index contributed by atoms with van der Waals surface area (Å²) in [5, 5.41) is 33.1. The standard InChI is InChI=1S/C30H41O5P/c1-16(2)22-13-28(19(7)10-25(22)31)36(34,35,29-14-23(17(3)4)26(32)11-20(29)8)30-15-24(18(5)6)27(33)12-21(30)9/h10-18,31-35H,1-9H3. The van der Waals surface area contributed by atoms with Crippen molar-refractivity contribution in [2.75, 3.05) is 0 Å². The van der Waals surface area contributed by atoms with Crippen LogP contribution in [0.1, 0.15) is 92.7 Å². The molecule has 5 N–H and O–H groups in total. The molecule has 0 radical (unpaired) electrons. The predicted molar refractivity (Wildman–Crippen MR) is 151 cm³/mol. The van der Waals surface area contributed by atoms with Gasteiger partial charge in [-0.05, 0) is 0 Å². The van der Waals surface area contributed by atoms with Crippen molar-refractivity contribution in [2.24, 2.45) is 0 Å². The van der Waals surface area contributed by atoms with E-state index in [2.05, 4.69) is 0 Å². The van der Waals surface area contributed by atoms with Gasteiger partial charge in [-0.1, -0.05) is 0 Å². The minimum absolute atomic E-state index is 0.0518. The third-order valence-electron chi connectivity index (χ3n) is 7.27. The fraction of sp³-hybridized carbons (Fsp3) is 0.400. The Morgan fingerprint density at radius 1 is 0.472 bits per heavy atom. The molecule has 0 amide bonds. The molecule has 0 unspecified atom stereocenters. The predicted octanol–water partition coefficient (Wildman–Crippen LogP) is 5.74. The van der Waals surface area contributed by atoms with Crippen LogP contribution in [0.25, 0.3) is 0 Å². The Morgan fingerprint density at radius 3 is 0.889 bits per heavy atom. The van der Waals surface area contributed by atoms with Crippen LogP contribution >= 0.6 is 7.06 Å². The van der Waals surface area contributed by atoms with Crippen molar-refractivity contribution >= 4 is 23.0 Å². The monoisotopic (exact) mass is 512 g/mol. The molecule has 6 heteroatoms. The number of aryl methyl sites for hydroxylation is 3. The van der Waals surface area contributed by atoms with Gasteiger partial charge in [0, 0.05) is 0 Å². The molecule has 0 spiro atoms. The molecule has 0 aromatic heterocycles. The molecule has 0 aliphatic carbocycles. The fourth-order valence-corrected chi connectivity index (χ4v) is 9.37. The van der Waals surface area contributed by atoms with E-state index in [1.807, 2.05) is 41.5 Å². The van der Waals surface area contributed by atoms with Gasteiger partial charge in [0.25, 0.3) is 0 Å². The summed E-state index contributed by atoms with van der Waals surface area (Å²) < 4.78 is 0. The van der Waals surface area contributed by atoms with Crippen LogP contribution in [0.3, 0.4) is 0 Å². The zero-order valence-corrected chi connectivity index (χ0v) is 23.8. The van der Waals surface area contributed by atoms with Crippen LogP contribution in [0.2, 0.25) is 0 Å². The van der Waals surface area contributed by atoms with Gasteiger partial charge in [-0.2, -0.15) is 0 Å². The van der Waals surface area contributed by atoms with Gasteiger partial charge < -0.3 is 0 Å². The van der Waals surface area contributed by atoms with E-state index in [9.17, 15) is 25.1 Å². The summed E-state index contributed by atoms with van der Waals surface area (Å²) in [4.78, 5) is 26.1. The molecule has 0 aliphatic heterocycles. The number of hydrogen-bond donors (Lipinski definition) is 5. The Kier molecular flexibility index (Phi) is 7.29. The van der Waals surface area contributed by atoms with Crippen LogP contribution in [-0.2, 0) is 0 Å². The molecule has 3 rings (SSSR count). The summed E-state index contributed by atoms with van der Waals surface area (Å²) in [5.41, 5.74) is 3.52. The number of rotatable bonds is 6. The third-order valence-corrected chi connectivity index (χ3v) is 11.5. The molecule has 36 heavy (non-hydrogen) atoms. The maximum atomic E-state index is 13.1. The van der Waals surface area contributed by atoms with Gasteiger partial charge in [0.2, 0.25) is 0 Å². The number of phenols is 3. The summed E-state index contributed by atoms with van der Waals surface area (Å²) >= 11 is 0. The molecule has 0 fully saturated rings. The van der Waals surface area contributed by atoms with Gasteiger partial charge in [0.15, 0.2) is 0 Å². The van der Waals surface area contributed by atoms with Crippen molar-refractivity contribution in [3.8, 4) is 17.2 Å². The zero-order chi connectivity index (χ0) is 27.4. The second-order valence-corrected chi connectivity index (χ2v) is 14.6. The van der Waals surface area contributed by atoms with E-state index in [1.54, 1.807) is 57.2 Å². The average Bonchev–Trinajstić information content (AvgIpc) is 2.72. The number of aromatic hydroxyl groups is 3. The summed E-state index contributed by atoms with van der Waals surface area (Å²) in [6.45, 7) is 17.0. The van der Waals surface area contributed by atoms with Crippen LogP contribution < -0.4 is 15.9 Å².